The third-order valence-electron chi connectivity index (χ3n) is 4.75. The molecule has 2 atom stereocenters. The van der Waals surface area contributed by atoms with Crippen LogP contribution < -0.4 is 10.6 Å². The summed E-state index contributed by atoms with van der Waals surface area (Å²) in [5.74, 6) is 0.537. The predicted octanol–water partition coefficient (Wildman–Crippen LogP) is 2.81. The standard InChI is InChI=1S/C17H26N2O/c1-12(2)17(9-10-18-11-17)16(20)19-14(4)15-8-6-5-7-13(15)3/h5-8,12,14,18H,9-11H2,1-4H3,(H,19,20)/t14-,17?/m1/s1. The van der Waals surface area contributed by atoms with E-state index in [1.807, 2.05) is 12.1 Å². The van der Waals surface area contributed by atoms with Gasteiger partial charge in [-0.15, -0.1) is 0 Å². The van der Waals surface area contributed by atoms with Crippen LogP contribution in [0.15, 0.2) is 24.3 Å². The Labute approximate surface area is 122 Å². The van der Waals surface area contributed by atoms with Gasteiger partial charge in [-0.3, -0.25) is 4.79 Å². The van der Waals surface area contributed by atoms with E-state index in [4.69, 9.17) is 0 Å². The van der Waals surface area contributed by atoms with Crippen LogP contribution in [0.4, 0.5) is 0 Å². The fourth-order valence-corrected chi connectivity index (χ4v) is 3.15. The van der Waals surface area contributed by atoms with E-state index in [2.05, 4.69) is 50.5 Å². The van der Waals surface area contributed by atoms with Gasteiger partial charge in [0.2, 0.25) is 5.91 Å². The number of carbonyl (C=O) groups is 1. The minimum atomic E-state index is -0.253. The molecule has 110 valence electrons. The van der Waals surface area contributed by atoms with Gasteiger partial charge in [-0.25, -0.2) is 0 Å². The Morgan fingerprint density at radius 3 is 2.55 bits per heavy atom. The van der Waals surface area contributed by atoms with Crippen LogP contribution in [0.5, 0.6) is 0 Å². The van der Waals surface area contributed by atoms with Gasteiger partial charge in [-0.2, -0.15) is 0 Å². The summed E-state index contributed by atoms with van der Waals surface area (Å²) in [6, 6.07) is 8.30. The molecule has 2 N–H and O–H groups in total. The maximum atomic E-state index is 12.8. The Hall–Kier alpha value is -1.35. The van der Waals surface area contributed by atoms with E-state index in [1.54, 1.807) is 0 Å². The van der Waals surface area contributed by atoms with Gasteiger partial charge in [0.1, 0.15) is 0 Å². The molecule has 2 rings (SSSR count). The van der Waals surface area contributed by atoms with E-state index < -0.39 is 0 Å². The number of amides is 1. The minimum Gasteiger partial charge on any atom is -0.349 e. The zero-order chi connectivity index (χ0) is 14.8. The highest BCUT2D eigenvalue weighted by molar-refractivity contribution is 5.84. The maximum absolute atomic E-state index is 12.8. The Morgan fingerprint density at radius 1 is 1.30 bits per heavy atom. The minimum absolute atomic E-state index is 0.0555. The van der Waals surface area contributed by atoms with Gasteiger partial charge >= 0.3 is 0 Å². The zero-order valence-electron chi connectivity index (χ0n) is 13.0. The first-order chi connectivity index (χ1) is 9.47. The zero-order valence-corrected chi connectivity index (χ0v) is 13.0. The van der Waals surface area contributed by atoms with Gasteiger partial charge in [-0.1, -0.05) is 38.1 Å². The molecule has 1 unspecified atom stereocenters. The van der Waals surface area contributed by atoms with E-state index in [0.717, 1.165) is 19.5 Å². The number of nitrogens with one attached hydrogen (secondary N) is 2. The quantitative estimate of drug-likeness (QED) is 0.886. The third-order valence-corrected chi connectivity index (χ3v) is 4.75. The van der Waals surface area contributed by atoms with Crippen molar-refractivity contribution in [3.63, 3.8) is 0 Å². The Bertz CT molecular complexity index is 476. The number of carbonyl (C=O) groups excluding carboxylic acids is 1. The van der Waals surface area contributed by atoms with Crippen molar-refractivity contribution >= 4 is 5.91 Å². The molecular weight excluding hydrogens is 248 g/mol. The molecule has 0 spiro atoms. The van der Waals surface area contributed by atoms with Crippen molar-refractivity contribution in [1.29, 1.82) is 0 Å². The molecule has 0 bridgehead atoms. The van der Waals surface area contributed by atoms with E-state index >= 15 is 0 Å². The van der Waals surface area contributed by atoms with Gasteiger partial charge in [0.05, 0.1) is 11.5 Å². The fourth-order valence-electron chi connectivity index (χ4n) is 3.15. The SMILES string of the molecule is Cc1ccccc1[C@@H](C)NC(=O)C1(C(C)C)CCNC1. The first-order valence-corrected chi connectivity index (χ1v) is 7.54. The van der Waals surface area contributed by atoms with Crippen molar-refractivity contribution in [2.24, 2.45) is 11.3 Å². The predicted molar refractivity (Wildman–Crippen MR) is 82.5 cm³/mol. The normalized spacial score (nSPS) is 23.9. The number of rotatable bonds is 4. The monoisotopic (exact) mass is 274 g/mol. The van der Waals surface area contributed by atoms with Crippen LogP contribution in [-0.2, 0) is 4.79 Å². The molecule has 1 aromatic rings. The largest absolute Gasteiger partial charge is 0.349 e. The molecule has 3 heteroatoms. The van der Waals surface area contributed by atoms with Gasteiger partial charge in [0.25, 0.3) is 0 Å². The Kier molecular flexibility index (Phi) is 4.48. The van der Waals surface area contributed by atoms with E-state index in [9.17, 15) is 4.79 Å². The van der Waals surface area contributed by atoms with Crippen LogP contribution in [0.3, 0.4) is 0 Å². The highest BCUT2D eigenvalue weighted by Crippen LogP contribution is 2.35. The third kappa shape index (κ3) is 2.73. The topological polar surface area (TPSA) is 41.1 Å². The van der Waals surface area contributed by atoms with E-state index in [0.29, 0.717) is 5.92 Å². The van der Waals surface area contributed by atoms with Crippen LogP contribution in [0.25, 0.3) is 0 Å². The van der Waals surface area contributed by atoms with Crippen molar-refractivity contribution in [2.75, 3.05) is 13.1 Å². The summed E-state index contributed by atoms with van der Waals surface area (Å²) in [5, 5.41) is 6.56. The lowest BCUT2D eigenvalue weighted by atomic mass is 9.75. The van der Waals surface area contributed by atoms with Crippen LogP contribution in [0.2, 0.25) is 0 Å². The molecule has 20 heavy (non-hydrogen) atoms. The molecule has 0 aliphatic carbocycles. The van der Waals surface area contributed by atoms with Crippen LogP contribution in [0.1, 0.15) is 44.4 Å². The maximum Gasteiger partial charge on any atom is 0.228 e. The van der Waals surface area contributed by atoms with Crippen molar-refractivity contribution in [3.05, 3.63) is 35.4 Å². The number of benzene rings is 1. The summed E-state index contributed by atoms with van der Waals surface area (Å²) < 4.78 is 0. The van der Waals surface area contributed by atoms with Crippen molar-refractivity contribution in [1.82, 2.24) is 10.6 Å². The molecule has 1 heterocycles. The molecule has 0 radical (unpaired) electrons. The number of hydrogen-bond donors (Lipinski definition) is 2. The molecule has 0 saturated carbocycles. The average Bonchev–Trinajstić information content (AvgIpc) is 2.89. The van der Waals surface area contributed by atoms with Crippen molar-refractivity contribution in [3.8, 4) is 0 Å². The molecule has 1 aliphatic heterocycles. The highest BCUT2D eigenvalue weighted by atomic mass is 16.2. The highest BCUT2D eigenvalue weighted by Gasteiger charge is 2.44. The van der Waals surface area contributed by atoms with Gasteiger partial charge < -0.3 is 10.6 Å². The van der Waals surface area contributed by atoms with Gasteiger partial charge in [0, 0.05) is 6.54 Å². The molecule has 1 aliphatic rings. The van der Waals surface area contributed by atoms with Crippen molar-refractivity contribution < 1.29 is 4.79 Å². The summed E-state index contributed by atoms with van der Waals surface area (Å²) in [6.07, 6.45) is 0.928. The van der Waals surface area contributed by atoms with Crippen LogP contribution >= 0.6 is 0 Å². The lowest BCUT2D eigenvalue weighted by Crippen LogP contribution is -2.46. The number of hydrogen-bond acceptors (Lipinski definition) is 2. The molecular formula is C17H26N2O. The molecule has 0 aromatic heterocycles. The van der Waals surface area contributed by atoms with Crippen LogP contribution in [-0.4, -0.2) is 19.0 Å². The molecule has 1 saturated heterocycles. The second-order valence-electron chi connectivity index (χ2n) is 6.29. The molecule has 1 fully saturated rings. The lowest BCUT2D eigenvalue weighted by molar-refractivity contribution is -0.133. The first kappa shape index (κ1) is 15.0. The first-order valence-electron chi connectivity index (χ1n) is 7.54. The summed E-state index contributed by atoms with van der Waals surface area (Å²) in [7, 11) is 0. The van der Waals surface area contributed by atoms with E-state index in [1.165, 1.54) is 11.1 Å². The summed E-state index contributed by atoms with van der Waals surface area (Å²) in [6.45, 7) is 10.2. The average molecular weight is 274 g/mol. The summed E-state index contributed by atoms with van der Waals surface area (Å²) >= 11 is 0. The van der Waals surface area contributed by atoms with Gasteiger partial charge in [-0.05, 0) is 43.9 Å². The van der Waals surface area contributed by atoms with E-state index in [-0.39, 0.29) is 17.4 Å². The Morgan fingerprint density at radius 2 is 2.00 bits per heavy atom. The van der Waals surface area contributed by atoms with Gasteiger partial charge in [0.15, 0.2) is 0 Å². The summed E-state index contributed by atoms with van der Waals surface area (Å²) in [4.78, 5) is 12.8. The second-order valence-corrected chi connectivity index (χ2v) is 6.29. The van der Waals surface area contributed by atoms with Crippen molar-refractivity contribution in [2.45, 2.75) is 40.2 Å². The molecule has 1 aromatic carbocycles. The number of aryl methyl sites for hydroxylation is 1. The fraction of sp³-hybridized carbons (Fsp3) is 0.588. The molecule has 3 nitrogen and oxygen atoms in total. The Balaban J connectivity index is 2.13. The van der Waals surface area contributed by atoms with Crippen LogP contribution in [0, 0.1) is 18.3 Å². The smallest absolute Gasteiger partial charge is 0.228 e. The molecule has 1 amide bonds. The summed E-state index contributed by atoms with van der Waals surface area (Å²) in [5.41, 5.74) is 2.17. The second kappa shape index (κ2) is 5.96. The lowest BCUT2D eigenvalue weighted by Gasteiger charge is -2.32.